The quantitative estimate of drug-likeness (QED) is 0.296. The van der Waals surface area contributed by atoms with Crippen LogP contribution in [0.15, 0.2) is 54.6 Å². The van der Waals surface area contributed by atoms with E-state index in [4.69, 9.17) is 15.2 Å². The van der Waals surface area contributed by atoms with Crippen molar-refractivity contribution in [2.75, 3.05) is 32.6 Å². The van der Waals surface area contributed by atoms with Gasteiger partial charge in [-0.05, 0) is 41.8 Å². The standard InChI is InChI=1S/C25H27N5O4/c1-33-21-16-22(34-2)30-25(29-21)28-15-3-14-27-24(32)20-12-8-18(9-13-20)5-4-17-6-10-19(11-7-17)23(26)31/h4-13,16H,3,14-15H2,1-2H3,(H2,26,31)(H,27,32)(H,28,29,30)/b5-4+. The van der Waals surface area contributed by atoms with Crippen LogP contribution in [0.2, 0.25) is 0 Å². The minimum absolute atomic E-state index is 0.142. The van der Waals surface area contributed by atoms with Crippen LogP contribution >= 0.6 is 0 Å². The maximum absolute atomic E-state index is 12.4. The van der Waals surface area contributed by atoms with Gasteiger partial charge in [0, 0.05) is 24.2 Å². The molecular formula is C25H27N5O4. The van der Waals surface area contributed by atoms with Crippen molar-refractivity contribution in [1.82, 2.24) is 15.3 Å². The largest absolute Gasteiger partial charge is 0.481 e. The van der Waals surface area contributed by atoms with Crippen molar-refractivity contribution in [3.63, 3.8) is 0 Å². The lowest BCUT2D eigenvalue weighted by Crippen LogP contribution is -2.25. The van der Waals surface area contributed by atoms with Gasteiger partial charge in [-0.25, -0.2) is 0 Å². The van der Waals surface area contributed by atoms with E-state index >= 15 is 0 Å². The Balaban J connectivity index is 1.43. The molecule has 0 aliphatic carbocycles. The molecular weight excluding hydrogens is 434 g/mol. The molecule has 1 aromatic heterocycles. The highest BCUT2D eigenvalue weighted by Gasteiger charge is 2.06. The highest BCUT2D eigenvalue weighted by Crippen LogP contribution is 2.17. The van der Waals surface area contributed by atoms with Gasteiger partial charge in [-0.1, -0.05) is 36.4 Å². The third-order valence-corrected chi connectivity index (χ3v) is 4.86. The zero-order chi connectivity index (χ0) is 24.3. The van der Waals surface area contributed by atoms with Crippen LogP contribution in [-0.4, -0.2) is 49.1 Å². The van der Waals surface area contributed by atoms with E-state index in [1.165, 1.54) is 14.2 Å². The molecule has 0 atom stereocenters. The van der Waals surface area contributed by atoms with Crippen LogP contribution < -0.4 is 25.8 Å². The molecule has 34 heavy (non-hydrogen) atoms. The van der Waals surface area contributed by atoms with Crippen LogP contribution in [0, 0.1) is 0 Å². The van der Waals surface area contributed by atoms with E-state index in [1.54, 1.807) is 30.3 Å². The normalized spacial score (nSPS) is 10.6. The van der Waals surface area contributed by atoms with Gasteiger partial charge in [0.15, 0.2) is 0 Å². The van der Waals surface area contributed by atoms with Crippen LogP contribution in [0.1, 0.15) is 38.3 Å². The molecule has 1 heterocycles. The van der Waals surface area contributed by atoms with Crippen LogP contribution in [0.25, 0.3) is 12.2 Å². The summed E-state index contributed by atoms with van der Waals surface area (Å²) < 4.78 is 10.2. The number of primary amides is 1. The lowest BCUT2D eigenvalue weighted by molar-refractivity contribution is 0.0952. The maximum Gasteiger partial charge on any atom is 0.251 e. The topological polar surface area (TPSA) is 128 Å². The zero-order valence-corrected chi connectivity index (χ0v) is 19.1. The minimum Gasteiger partial charge on any atom is -0.481 e. The number of carbonyl (C=O) groups excluding carboxylic acids is 2. The number of aromatic nitrogens is 2. The van der Waals surface area contributed by atoms with E-state index in [2.05, 4.69) is 20.6 Å². The molecule has 9 nitrogen and oxygen atoms in total. The second kappa shape index (κ2) is 12.0. The van der Waals surface area contributed by atoms with Gasteiger partial charge in [0.2, 0.25) is 23.6 Å². The Bertz CT molecular complexity index is 1120. The maximum atomic E-state index is 12.4. The number of nitrogens with zero attached hydrogens (tertiary/aromatic N) is 2. The third-order valence-electron chi connectivity index (χ3n) is 4.86. The number of ether oxygens (including phenoxy) is 2. The van der Waals surface area contributed by atoms with E-state index in [-0.39, 0.29) is 5.91 Å². The van der Waals surface area contributed by atoms with Gasteiger partial charge in [-0.3, -0.25) is 9.59 Å². The number of carbonyl (C=O) groups is 2. The van der Waals surface area contributed by atoms with Gasteiger partial charge >= 0.3 is 0 Å². The van der Waals surface area contributed by atoms with Gasteiger partial charge in [-0.15, -0.1) is 0 Å². The Morgan fingerprint density at radius 2 is 1.38 bits per heavy atom. The number of nitrogens with two attached hydrogens (primary N) is 1. The Labute approximate surface area is 198 Å². The Kier molecular flexibility index (Phi) is 8.56. The molecule has 0 saturated carbocycles. The van der Waals surface area contributed by atoms with Gasteiger partial charge in [0.1, 0.15) is 0 Å². The number of amides is 2. The molecule has 0 radical (unpaired) electrons. The second-order valence-corrected chi connectivity index (χ2v) is 7.25. The molecule has 2 aromatic carbocycles. The average Bonchev–Trinajstić information content (AvgIpc) is 2.87. The van der Waals surface area contributed by atoms with E-state index in [9.17, 15) is 9.59 Å². The monoisotopic (exact) mass is 461 g/mol. The molecule has 9 heteroatoms. The molecule has 0 bridgehead atoms. The first-order valence-electron chi connectivity index (χ1n) is 10.7. The van der Waals surface area contributed by atoms with Crippen molar-refractivity contribution in [2.24, 2.45) is 5.73 Å². The number of rotatable bonds is 11. The van der Waals surface area contributed by atoms with Crippen molar-refractivity contribution in [3.05, 3.63) is 76.9 Å². The number of anilines is 1. The Hall–Kier alpha value is -4.40. The summed E-state index contributed by atoms with van der Waals surface area (Å²) in [5.41, 5.74) is 8.20. The summed E-state index contributed by atoms with van der Waals surface area (Å²) in [5, 5.41) is 5.98. The predicted molar refractivity (Wildman–Crippen MR) is 131 cm³/mol. The summed E-state index contributed by atoms with van der Waals surface area (Å²) in [5.74, 6) is 0.614. The van der Waals surface area contributed by atoms with Crippen LogP contribution in [-0.2, 0) is 0 Å². The van der Waals surface area contributed by atoms with Gasteiger partial charge in [-0.2, -0.15) is 9.97 Å². The highest BCUT2D eigenvalue weighted by atomic mass is 16.5. The summed E-state index contributed by atoms with van der Waals surface area (Å²) in [6.07, 6.45) is 4.54. The van der Waals surface area contributed by atoms with Crippen molar-refractivity contribution >= 4 is 29.9 Å². The van der Waals surface area contributed by atoms with Crippen molar-refractivity contribution in [2.45, 2.75) is 6.42 Å². The molecule has 4 N–H and O–H groups in total. The zero-order valence-electron chi connectivity index (χ0n) is 19.1. The molecule has 0 aliphatic rings. The fraction of sp³-hybridized carbons (Fsp3) is 0.200. The molecule has 0 saturated heterocycles. The summed E-state index contributed by atoms with van der Waals surface area (Å²) in [6.45, 7) is 1.07. The molecule has 3 rings (SSSR count). The number of methoxy groups -OCH3 is 2. The second-order valence-electron chi connectivity index (χ2n) is 7.25. The summed E-state index contributed by atoms with van der Waals surface area (Å²) in [6, 6.07) is 15.9. The molecule has 0 fully saturated rings. The van der Waals surface area contributed by atoms with Crippen LogP contribution in [0.4, 0.5) is 5.95 Å². The number of nitrogens with one attached hydrogen (secondary N) is 2. The van der Waals surface area contributed by atoms with E-state index < -0.39 is 5.91 Å². The molecule has 3 aromatic rings. The third kappa shape index (κ3) is 7.06. The molecule has 0 unspecified atom stereocenters. The van der Waals surface area contributed by atoms with Gasteiger partial charge in [0.25, 0.3) is 5.91 Å². The Morgan fingerprint density at radius 3 is 1.88 bits per heavy atom. The predicted octanol–water partition coefficient (Wildman–Crippen LogP) is 3.00. The highest BCUT2D eigenvalue weighted by molar-refractivity contribution is 5.94. The van der Waals surface area contributed by atoms with E-state index in [1.807, 2.05) is 36.4 Å². The smallest absolute Gasteiger partial charge is 0.251 e. The van der Waals surface area contributed by atoms with Crippen molar-refractivity contribution < 1.29 is 19.1 Å². The number of benzene rings is 2. The van der Waals surface area contributed by atoms with E-state index in [0.717, 1.165) is 11.1 Å². The van der Waals surface area contributed by atoms with Gasteiger partial charge in [0.05, 0.1) is 20.3 Å². The summed E-state index contributed by atoms with van der Waals surface area (Å²) in [4.78, 5) is 31.9. The number of hydrogen-bond acceptors (Lipinski definition) is 7. The lowest BCUT2D eigenvalue weighted by Gasteiger charge is -2.09. The minimum atomic E-state index is -0.452. The lowest BCUT2D eigenvalue weighted by atomic mass is 10.1. The first kappa shape index (κ1) is 24.2. The number of hydrogen-bond donors (Lipinski definition) is 3. The van der Waals surface area contributed by atoms with Crippen molar-refractivity contribution in [1.29, 1.82) is 0 Å². The van der Waals surface area contributed by atoms with Crippen LogP contribution in [0.3, 0.4) is 0 Å². The molecule has 176 valence electrons. The van der Waals surface area contributed by atoms with Crippen LogP contribution in [0.5, 0.6) is 11.8 Å². The fourth-order valence-electron chi connectivity index (χ4n) is 2.98. The Morgan fingerprint density at radius 1 is 0.853 bits per heavy atom. The van der Waals surface area contributed by atoms with Crippen molar-refractivity contribution in [3.8, 4) is 11.8 Å². The van der Waals surface area contributed by atoms with Gasteiger partial charge < -0.3 is 25.8 Å². The average molecular weight is 462 g/mol. The first-order valence-corrected chi connectivity index (χ1v) is 10.7. The van der Waals surface area contributed by atoms with E-state index in [0.29, 0.717) is 48.3 Å². The molecule has 0 aliphatic heterocycles. The molecule has 2 amide bonds. The summed E-state index contributed by atoms with van der Waals surface area (Å²) >= 11 is 0. The SMILES string of the molecule is COc1cc(OC)nc(NCCCNC(=O)c2ccc(/C=C/c3ccc(C(N)=O)cc3)cc2)n1. The summed E-state index contributed by atoms with van der Waals surface area (Å²) in [7, 11) is 3.05. The fourth-order valence-corrected chi connectivity index (χ4v) is 2.98. The molecule has 0 spiro atoms. The first-order chi connectivity index (χ1) is 16.5.